The fourth-order valence-corrected chi connectivity index (χ4v) is 3.09. The van der Waals surface area contributed by atoms with Crippen LogP contribution in [0.2, 0.25) is 0 Å². The SMILES string of the molecule is CCCCOCCCNC(=NC)NCC(c1ccco1)N1CCCC1. The van der Waals surface area contributed by atoms with E-state index in [9.17, 15) is 0 Å². The van der Waals surface area contributed by atoms with Gasteiger partial charge in [-0.2, -0.15) is 0 Å². The lowest BCUT2D eigenvalue weighted by Gasteiger charge is -2.26. The quantitative estimate of drug-likeness (QED) is 0.365. The molecule has 1 aromatic heterocycles. The van der Waals surface area contributed by atoms with Gasteiger partial charge in [0, 0.05) is 33.4 Å². The smallest absolute Gasteiger partial charge is 0.191 e. The van der Waals surface area contributed by atoms with E-state index in [1.54, 1.807) is 6.26 Å². The number of aliphatic imine (C=N–C) groups is 1. The van der Waals surface area contributed by atoms with Gasteiger partial charge in [-0.3, -0.25) is 9.89 Å². The van der Waals surface area contributed by atoms with E-state index in [1.807, 2.05) is 13.1 Å². The van der Waals surface area contributed by atoms with E-state index in [-0.39, 0.29) is 6.04 Å². The molecule has 0 radical (unpaired) electrons. The van der Waals surface area contributed by atoms with Crippen LogP contribution in [-0.4, -0.2) is 57.3 Å². The van der Waals surface area contributed by atoms with Crippen molar-refractivity contribution >= 4 is 5.96 Å². The minimum Gasteiger partial charge on any atom is -0.468 e. The van der Waals surface area contributed by atoms with Gasteiger partial charge in [-0.05, 0) is 50.9 Å². The Morgan fingerprint density at radius 2 is 2.08 bits per heavy atom. The molecule has 25 heavy (non-hydrogen) atoms. The van der Waals surface area contributed by atoms with Crippen molar-refractivity contribution in [2.45, 2.75) is 45.1 Å². The second-order valence-corrected chi connectivity index (χ2v) is 6.47. The van der Waals surface area contributed by atoms with E-state index in [0.717, 1.165) is 64.0 Å². The van der Waals surface area contributed by atoms with Gasteiger partial charge in [-0.15, -0.1) is 0 Å². The number of nitrogens with zero attached hydrogens (tertiary/aromatic N) is 2. The third kappa shape index (κ3) is 7.08. The predicted octanol–water partition coefficient (Wildman–Crippen LogP) is 2.79. The standard InChI is InChI=1S/C19H34N4O2/c1-3-4-13-24-14-8-10-21-19(20-2)22-16-17(18-9-7-15-25-18)23-11-5-6-12-23/h7,9,15,17H,3-6,8,10-14,16H2,1-2H3,(H2,20,21,22). The maximum atomic E-state index is 5.66. The van der Waals surface area contributed by atoms with Crippen molar-refractivity contribution in [1.82, 2.24) is 15.5 Å². The number of ether oxygens (including phenoxy) is 1. The molecule has 0 spiro atoms. The molecule has 1 aliphatic rings. The van der Waals surface area contributed by atoms with Crippen LogP contribution in [0.1, 0.15) is 50.8 Å². The first-order chi connectivity index (χ1) is 12.3. The van der Waals surface area contributed by atoms with Crippen LogP contribution in [0.25, 0.3) is 0 Å². The molecule has 1 aromatic rings. The van der Waals surface area contributed by atoms with Crippen molar-refractivity contribution in [3.05, 3.63) is 24.2 Å². The Kier molecular flexibility index (Phi) is 9.44. The molecule has 1 unspecified atom stereocenters. The second kappa shape index (κ2) is 11.9. The molecule has 1 fully saturated rings. The highest BCUT2D eigenvalue weighted by Crippen LogP contribution is 2.24. The van der Waals surface area contributed by atoms with Crippen LogP contribution >= 0.6 is 0 Å². The van der Waals surface area contributed by atoms with Gasteiger partial charge in [0.15, 0.2) is 5.96 Å². The van der Waals surface area contributed by atoms with E-state index >= 15 is 0 Å². The predicted molar refractivity (Wildman–Crippen MR) is 102 cm³/mol. The molecule has 1 aliphatic heterocycles. The highest BCUT2D eigenvalue weighted by atomic mass is 16.5. The molecule has 1 atom stereocenters. The van der Waals surface area contributed by atoms with Gasteiger partial charge in [-0.1, -0.05) is 13.3 Å². The highest BCUT2D eigenvalue weighted by Gasteiger charge is 2.25. The third-order valence-corrected chi connectivity index (χ3v) is 4.54. The highest BCUT2D eigenvalue weighted by molar-refractivity contribution is 5.79. The first-order valence-corrected chi connectivity index (χ1v) is 9.65. The molecule has 0 amide bonds. The first kappa shape index (κ1) is 19.8. The zero-order valence-electron chi connectivity index (χ0n) is 15.8. The van der Waals surface area contributed by atoms with Gasteiger partial charge >= 0.3 is 0 Å². The molecular formula is C19H34N4O2. The average molecular weight is 351 g/mol. The number of likely N-dealkylation sites (tertiary alicyclic amines) is 1. The molecule has 0 saturated carbocycles. The van der Waals surface area contributed by atoms with Crippen molar-refractivity contribution < 1.29 is 9.15 Å². The summed E-state index contributed by atoms with van der Waals surface area (Å²) in [5.74, 6) is 1.86. The number of hydrogen-bond donors (Lipinski definition) is 2. The van der Waals surface area contributed by atoms with Gasteiger partial charge in [-0.25, -0.2) is 0 Å². The Labute approximate surface area is 152 Å². The fourth-order valence-electron chi connectivity index (χ4n) is 3.09. The summed E-state index contributed by atoms with van der Waals surface area (Å²) < 4.78 is 11.2. The summed E-state index contributed by atoms with van der Waals surface area (Å²) in [7, 11) is 1.81. The normalized spacial score (nSPS) is 17.0. The van der Waals surface area contributed by atoms with Gasteiger partial charge in [0.25, 0.3) is 0 Å². The van der Waals surface area contributed by atoms with E-state index in [2.05, 4.69) is 33.5 Å². The van der Waals surface area contributed by atoms with Crippen molar-refractivity contribution in [3.63, 3.8) is 0 Å². The summed E-state index contributed by atoms with van der Waals surface area (Å²) in [6, 6.07) is 4.28. The van der Waals surface area contributed by atoms with Gasteiger partial charge in [0.05, 0.1) is 12.3 Å². The maximum Gasteiger partial charge on any atom is 0.191 e. The summed E-state index contributed by atoms with van der Waals surface area (Å²) in [4.78, 5) is 6.81. The summed E-state index contributed by atoms with van der Waals surface area (Å²) >= 11 is 0. The molecule has 2 N–H and O–H groups in total. The zero-order valence-corrected chi connectivity index (χ0v) is 15.8. The number of rotatable bonds is 11. The molecule has 0 aromatic carbocycles. The molecule has 2 rings (SSSR count). The monoisotopic (exact) mass is 350 g/mol. The first-order valence-electron chi connectivity index (χ1n) is 9.65. The number of furan rings is 1. The number of unbranched alkanes of at least 4 members (excludes halogenated alkanes) is 1. The maximum absolute atomic E-state index is 5.66. The fraction of sp³-hybridized carbons (Fsp3) is 0.737. The molecule has 142 valence electrons. The molecule has 6 nitrogen and oxygen atoms in total. The van der Waals surface area contributed by atoms with Crippen LogP contribution in [0.3, 0.4) is 0 Å². The summed E-state index contributed by atoms with van der Waals surface area (Å²) in [5.41, 5.74) is 0. The molecule has 0 aliphatic carbocycles. The van der Waals surface area contributed by atoms with Crippen LogP contribution in [0, 0.1) is 0 Å². The zero-order chi connectivity index (χ0) is 17.7. The Morgan fingerprint density at radius 3 is 2.76 bits per heavy atom. The minimum atomic E-state index is 0.258. The van der Waals surface area contributed by atoms with E-state index in [4.69, 9.17) is 9.15 Å². The Balaban J connectivity index is 1.70. The van der Waals surface area contributed by atoms with Gasteiger partial charge in [0.2, 0.25) is 0 Å². The third-order valence-electron chi connectivity index (χ3n) is 4.54. The van der Waals surface area contributed by atoms with Gasteiger partial charge < -0.3 is 19.8 Å². The largest absolute Gasteiger partial charge is 0.468 e. The number of guanidine groups is 1. The van der Waals surface area contributed by atoms with Crippen molar-refractivity contribution in [1.29, 1.82) is 0 Å². The Bertz CT molecular complexity index is 470. The van der Waals surface area contributed by atoms with E-state index < -0.39 is 0 Å². The molecule has 2 heterocycles. The van der Waals surface area contributed by atoms with Crippen LogP contribution in [0.15, 0.2) is 27.8 Å². The van der Waals surface area contributed by atoms with Gasteiger partial charge in [0.1, 0.15) is 5.76 Å². The van der Waals surface area contributed by atoms with Crippen LogP contribution in [0.5, 0.6) is 0 Å². The van der Waals surface area contributed by atoms with Crippen molar-refractivity contribution in [2.24, 2.45) is 4.99 Å². The molecule has 6 heteroatoms. The molecule has 0 bridgehead atoms. The van der Waals surface area contributed by atoms with E-state index in [0.29, 0.717) is 0 Å². The average Bonchev–Trinajstić information content (AvgIpc) is 3.33. The van der Waals surface area contributed by atoms with Crippen molar-refractivity contribution in [2.75, 3.05) is 46.4 Å². The lowest BCUT2D eigenvalue weighted by Crippen LogP contribution is -2.43. The Morgan fingerprint density at radius 1 is 1.28 bits per heavy atom. The summed E-state index contributed by atoms with van der Waals surface area (Å²) in [6.07, 6.45) is 7.59. The van der Waals surface area contributed by atoms with Crippen LogP contribution in [0.4, 0.5) is 0 Å². The summed E-state index contributed by atoms with van der Waals surface area (Å²) in [5, 5.41) is 6.80. The number of hydrogen-bond acceptors (Lipinski definition) is 4. The van der Waals surface area contributed by atoms with E-state index in [1.165, 1.54) is 19.3 Å². The second-order valence-electron chi connectivity index (χ2n) is 6.47. The summed E-state index contributed by atoms with van der Waals surface area (Å²) in [6.45, 7) is 7.76. The topological polar surface area (TPSA) is 62.0 Å². The minimum absolute atomic E-state index is 0.258. The Hall–Kier alpha value is -1.53. The molecule has 1 saturated heterocycles. The van der Waals surface area contributed by atoms with Crippen molar-refractivity contribution in [3.8, 4) is 0 Å². The lowest BCUT2D eigenvalue weighted by molar-refractivity contribution is 0.129. The van der Waals surface area contributed by atoms with Crippen LogP contribution in [-0.2, 0) is 4.74 Å². The van der Waals surface area contributed by atoms with Crippen LogP contribution < -0.4 is 10.6 Å². The lowest BCUT2D eigenvalue weighted by atomic mass is 10.2. The molecular weight excluding hydrogens is 316 g/mol. The number of nitrogens with one attached hydrogen (secondary N) is 2.